The molecule has 0 saturated carbocycles. The van der Waals surface area contributed by atoms with Gasteiger partial charge in [-0.25, -0.2) is 5.43 Å². The van der Waals surface area contributed by atoms with Crippen LogP contribution in [0.5, 0.6) is 11.5 Å². The number of hydrazine groups is 1. The highest BCUT2D eigenvalue weighted by atomic mass is 32.1. The summed E-state index contributed by atoms with van der Waals surface area (Å²) >= 11 is 4.34. The van der Waals surface area contributed by atoms with Crippen LogP contribution in [-0.4, -0.2) is 26.8 Å². The second kappa shape index (κ2) is 20.2. The Hall–Kier alpha value is -2.83. The first-order chi connectivity index (χ1) is 18.5. The van der Waals surface area contributed by atoms with E-state index in [1.54, 1.807) is 7.11 Å². The Bertz CT molecular complexity index is 1010. The van der Waals surface area contributed by atoms with Gasteiger partial charge in [0.1, 0.15) is 0 Å². The molecule has 1 aliphatic carbocycles. The summed E-state index contributed by atoms with van der Waals surface area (Å²) in [4.78, 5) is 1.02. The highest BCUT2D eigenvalue weighted by Gasteiger charge is 2.11. The number of hydrogen-bond acceptors (Lipinski definition) is 6. The predicted octanol–water partition coefficient (Wildman–Crippen LogP) is 8.51. The molecule has 1 heterocycles. The number of benzene rings is 2. The predicted molar refractivity (Wildman–Crippen MR) is 169 cm³/mol. The van der Waals surface area contributed by atoms with Gasteiger partial charge in [-0.3, -0.25) is 0 Å². The minimum absolute atomic E-state index is 0.184. The van der Waals surface area contributed by atoms with Crippen molar-refractivity contribution in [3.63, 3.8) is 0 Å². The van der Waals surface area contributed by atoms with Crippen molar-refractivity contribution in [1.82, 2.24) is 10.9 Å². The van der Waals surface area contributed by atoms with E-state index in [4.69, 9.17) is 9.47 Å². The average molecular weight is 540 g/mol. The third-order valence-corrected chi connectivity index (χ3v) is 6.14. The lowest BCUT2D eigenvalue weighted by atomic mass is 10.0. The Morgan fingerprint density at radius 1 is 1.08 bits per heavy atom. The molecule has 2 aromatic rings. The summed E-state index contributed by atoms with van der Waals surface area (Å²) < 4.78 is 11.4. The highest BCUT2D eigenvalue weighted by Crippen LogP contribution is 2.32. The van der Waals surface area contributed by atoms with Gasteiger partial charge < -0.3 is 20.2 Å². The summed E-state index contributed by atoms with van der Waals surface area (Å²) in [7, 11) is 3.52. The number of nitrogens with one attached hydrogen (secondary N) is 3. The summed E-state index contributed by atoms with van der Waals surface area (Å²) in [6, 6.07) is 12.2. The van der Waals surface area contributed by atoms with Gasteiger partial charge >= 0.3 is 0 Å². The first-order valence-electron chi connectivity index (χ1n) is 13.9. The van der Waals surface area contributed by atoms with E-state index in [2.05, 4.69) is 92.1 Å². The van der Waals surface area contributed by atoms with E-state index in [0.717, 1.165) is 53.5 Å². The van der Waals surface area contributed by atoms with Crippen molar-refractivity contribution in [3.8, 4) is 11.5 Å². The molecule has 0 aromatic heterocycles. The lowest BCUT2D eigenvalue weighted by molar-refractivity contribution is 0.201. The van der Waals surface area contributed by atoms with Crippen LogP contribution in [0.2, 0.25) is 0 Å². The molecule has 210 valence electrons. The number of rotatable bonds is 9. The monoisotopic (exact) mass is 539 g/mol. The molecule has 2 aromatic carbocycles. The molecule has 0 saturated heterocycles. The maximum atomic E-state index is 6.03. The molecule has 5 nitrogen and oxygen atoms in total. The Kier molecular flexibility index (Phi) is 17.6. The van der Waals surface area contributed by atoms with E-state index in [-0.39, 0.29) is 6.10 Å². The van der Waals surface area contributed by atoms with Gasteiger partial charge in [-0.2, -0.15) is 0 Å². The van der Waals surface area contributed by atoms with Crippen molar-refractivity contribution in [3.05, 3.63) is 72.0 Å². The minimum Gasteiger partial charge on any atom is -0.493 e. The lowest BCUT2D eigenvalue weighted by Crippen LogP contribution is -2.21. The van der Waals surface area contributed by atoms with E-state index >= 15 is 0 Å². The molecule has 38 heavy (non-hydrogen) atoms. The third-order valence-electron chi connectivity index (χ3n) is 5.76. The molecule has 0 radical (unpaired) electrons. The van der Waals surface area contributed by atoms with E-state index in [0.29, 0.717) is 0 Å². The van der Waals surface area contributed by atoms with Gasteiger partial charge in [0.05, 0.1) is 18.9 Å². The summed E-state index contributed by atoms with van der Waals surface area (Å²) in [6.07, 6.45) is 16.5. The normalized spacial score (nSPS) is 13.4. The fraction of sp³-hybridized carbons (Fsp3) is 0.438. The fourth-order valence-corrected chi connectivity index (χ4v) is 3.90. The summed E-state index contributed by atoms with van der Waals surface area (Å²) in [6.45, 7) is 11.3. The molecule has 1 atom stereocenters. The zero-order chi connectivity index (χ0) is 28.2. The van der Waals surface area contributed by atoms with E-state index in [1.165, 1.54) is 24.0 Å². The Labute approximate surface area is 237 Å². The average Bonchev–Trinajstić information content (AvgIpc) is 2.90. The van der Waals surface area contributed by atoms with Crippen LogP contribution < -0.4 is 25.6 Å². The number of fused-ring (bicyclic) bond motifs is 1. The number of ether oxygens (including phenoxy) is 2. The summed E-state index contributed by atoms with van der Waals surface area (Å²) in [5.41, 5.74) is 10.7. The zero-order valence-electron chi connectivity index (χ0n) is 24.4. The Balaban J connectivity index is 0.000000347. The Morgan fingerprint density at radius 3 is 2.34 bits per heavy atom. The van der Waals surface area contributed by atoms with Crippen LogP contribution in [0.3, 0.4) is 0 Å². The minimum atomic E-state index is 0.184. The quantitative estimate of drug-likeness (QED) is 0.146. The largest absolute Gasteiger partial charge is 0.493 e. The van der Waals surface area contributed by atoms with Crippen molar-refractivity contribution in [1.29, 1.82) is 0 Å². The topological polar surface area (TPSA) is 54.5 Å². The first kappa shape index (κ1) is 33.2. The van der Waals surface area contributed by atoms with E-state index < -0.39 is 0 Å². The van der Waals surface area contributed by atoms with Gasteiger partial charge in [-0.05, 0) is 67.5 Å². The van der Waals surface area contributed by atoms with Crippen LogP contribution in [0.25, 0.3) is 11.6 Å². The van der Waals surface area contributed by atoms with E-state index in [1.807, 2.05) is 45.3 Å². The molecule has 4 rings (SSSR count). The number of anilines is 1. The second-order valence-corrected chi connectivity index (χ2v) is 9.06. The van der Waals surface area contributed by atoms with Crippen molar-refractivity contribution in [2.75, 3.05) is 26.0 Å². The molecule has 2 aliphatic rings. The zero-order valence-corrected chi connectivity index (χ0v) is 25.3. The highest BCUT2D eigenvalue weighted by molar-refractivity contribution is 7.80. The standard InChI is InChI=1S/C17H28N2O2.C9H9NS.C4H6.C2H6/c1-6-8-13(3)21-17-11-15(9-10-16(17)20-5)14(7-2)12-19-18-4;11-8-5-1-3-7-4-2-6-10-9(7)8;1-2-4-3-1;1-2/h9-13,18-19H,6-8H2,1-5H3;1-5,10-11H,6H2;1-2H,3-4H2;1-2H3/b14-12+;;;. The van der Waals surface area contributed by atoms with Crippen molar-refractivity contribution in [2.45, 2.75) is 77.7 Å². The van der Waals surface area contributed by atoms with Gasteiger partial charge in [0.15, 0.2) is 11.5 Å². The number of thiol groups is 1. The summed E-state index contributed by atoms with van der Waals surface area (Å²) in [5.74, 6) is 1.58. The molecule has 0 bridgehead atoms. The smallest absolute Gasteiger partial charge is 0.162 e. The van der Waals surface area contributed by atoms with Crippen molar-refractivity contribution in [2.24, 2.45) is 0 Å². The van der Waals surface area contributed by atoms with Crippen LogP contribution in [0.4, 0.5) is 5.69 Å². The fourth-order valence-electron chi connectivity index (χ4n) is 3.60. The molecule has 0 fully saturated rings. The SMILES string of the molecule is C1=CCC1.CC.CCCC(C)Oc1cc(/C(=C/NNC)CC)ccc1OC.Sc1cccc2c1NCC=C2. The van der Waals surface area contributed by atoms with Crippen LogP contribution in [0, 0.1) is 0 Å². The van der Waals surface area contributed by atoms with Crippen LogP contribution in [-0.2, 0) is 0 Å². The molecule has 6 heteroatoms. The van der Waals surface area contributed by atoms with Gasteiger partial charge in [0.25, 0.3) is 0 Å². The van der Waals surface area contributed by atoms with Crippen molar-refractivity contribution >= 4 is 30.0 Å². The van der Waals surface area contributed by atoms with E-state index in [9.17, 15) is 0 Å². The summed E-state index contributed by atoms with van der Waals surface area (Å²) in [5, 5.41) is 3.27. The molecule has 1 aliphatic heterocycles. The van der Waals surface area contributed by atoms with Gasteiger partial charge in [0, 0.05) is 24.7 Å². The first-order valence-corrected chi connectivity index (χ1v) is 14.3. The Morgan fingerprint density at radius 2 is 1.79 bits per heavy atom. The molecular weight excluding hydrogens is 490 g/mol. The number of hydrogen-bond donors (Lipinski definition) is 4. The molecule has 1 unspecified atom stereocenters. The number of para-hydroxylation sites is 1. The molecular formula is C32H49N3O2S. The van der Waals surface area contributed by atoms with Crippen LogP contribution >= 0.6 is 12.6 Å². The molecule has 0 amide bonds. The van der Waals surface area contributed by atoms with Gasteiger partial charge in [-0.15, -0.1) is 12.6 Å². The van der Waals surface area contributed by atoms with Crippen LogP contribution in [0.15, 0.2) is 65.7 Å². The number of methoxy groups -OCH3 is 1. The molecule has 0 spiro atoms. The number of allylic oxidation sites excluding steroid dienone is 3. The molecule has 3 N–H and O–H groups in total. The maximum Gasteiger partial charge on any atom is 0.162 e. The maximum absolute atomic E-state index is 6.03. The third kappa shape index (κ3) is 11.7. The van der Waals surface area contributed by atoms with Gasteiger partial charge in [0.2, 0.25) is 0 Å². The van der Waals surface area contributed by atoms with Gasteiger partial charge in [-0.1, -0.05) is 76.6 Å². The van der Waals surface area contributed by atoms with Crippen LogP contribution in [0.1, 0.15) is 77.8 Å². The second-order valence-electron chi connectivity index (χ2n) is 8.57. The van der Waals surface area contributed by atoms with Crippen molar-refractivity contribution < 1.29 is 9.47 Å². The lowest BCUT2D eigenvalue weighted by Gasteiger charge is -2.18.